The maximum absolute atomic E-state index is 13.0. The molecule has 3 aromatic rings. The van der Waals surface area contributed by atoms with Gasteiger partial charge in [-0.2, -0.15) is 0 Å². The number of hydrogen-bond acceptors (Lipinski definition) is 3. The van der Waals surface area contributed by atoms with E-state index in [0.29, 0.717) is 23.2 Å². The molecule has 0 radical (unpaired) electrons. The van der Waals surface area contributed by atoms with Crippen LogP contribution in [0.25, 0.3) is 0 Å². The molecule has 0 fully saturated rings. The van der Waals surface area contributed by atoms with Crippen LogP contribution in [0.5, 0.6) is 0 Å². The average Bonchev–Trinajstić information content (AvgIpc) is 3.14. The fourth-order valence-electron chi connectivity index (χ4n) is 5.33. The van der Waals surface area contributed by atoms with Gasteiger partial charge in [0.1, 0.15) is 0 Å². The van der Waals surface area contributed by atoms with Gasteiger partial charge in [0.15, 0.2) is 0 Å². The minimum Gasteiger partial charge on any atom is -0.333 e. The zero-order valence-electron chi connectivity index (χ0n) is 19.5. The summed E-state index contributed by atoms with van der Waals surface area (Å²) in [7, 11) is 0. The van der Waals surface area contributed by atoms with Crippen LogP contribution in [-0.2, 0) is 17.6 Å². The third-order valence-corrected chi connectivity index (χ3v) is 7.13. The molecule has 172 valence electrons. The molecule has 5 nitrogen and oxygen atoms in total. The molecule has 0 aromatic heterocycles. The topological polar surface area (TPSA) is 57.7 Å². The number of rotatable bonds is 5. The molecule has 1 aliphatic carbocycles. The van der Waals surface area contributed by atoms with Crippen molar-refractivity contribution in [2.45, 2.75) is 51.6 Å². The van der Waals surface area contributed by atoms with Gasteiger partial charge in [-0.1, -0.05) is 55.5 Å². The van der Waals surface area contributed by atoms with Gasteiger partial charge in [0, 0.05) is 12.5 Å². The molecule has 3 aromatic carbocycles. The molecular weight excluding hydrogens is 424 g/mol. The second-order valence-corrected chi connectivity index (χ2v) is 9.08. The highest BCUT2D eigenvalue weighted by Gasteiger charge is 2.37. The first kappa shape index (κ1) is 22.1. The average molecular weight is 453 g/mol. The van der Waals surface area contributed by atoms with Gasteiger partial charge in [-0.25, -0.2) is 4.90 Å². The van der Waals surface area contributed by atoms with Gasteiger partial charge in [-0.05, 0) is 67.1 Å². The van der Waals surface area contributed by atoms with Crippen molar-refractivity contribution in [3.8, 4) is 0 Å². The van der Waals surface area contributed by atoms with Crippen LogP contribution in [-0.4, -0.2) is 28.7 Å². The molecule has 0 spiro atoms. The van der Waals surface area contributed by atoms with Gasteiger partial charge >= 0.3 is 0 Å². The lowest BCUT2D eigenvalue weighted by Crippen LogP contribution is -2.44. The van der Waals surface area contributed by atoms with Crippen molar-refractivity contribution >= 4 is 23.4 Å². The van der Waals surface area contributed by atoms with Crippen LogP contribution in [0.15, 0.2) is 72.8 Å². The molecule has 5 rings (SSSR count). The van der Waals surface area contributed by atoms with Gasteiger partial charge in [0.2, 0.25) is 5.91 Å². The van der Waals surface area contributed by atoms with E-state index in [-0.39, 0.29) is 29.8 Å². The Labute approximate surface area is 200 Å². The van der Waals surface area contributed by atoms with Crippen LogP contribution >= 0.6 is 0 Å². The highest BCUT2D eigenvalue weighted by molar-refractivity contribution is 6.34. The van der Waals surface area contributed by atoms with Crippen LogP contribution < -0.4 is 4.90 Å². The summed E-state index contributed by atoms with van der Waals surface area (Å²) in [5, 5.41) is 0. The lowest BCUT2D eigenvalue weighted by molar-refractivity contribution is -0.136. The number of aryl methyl sites for hydroxylation is 1. The summed E-state index contributed by atoms with van der Waals surface area (Å²) in [6.45, 7) is 4.02. The number of imide groups is 1. The van der Waals surface area contributed by atoms with Gasteiger partial charge in [-0.15, -0.1) is 0 Å². The van der Waals surface area contributed by atoms with Crippen LogP contribution in [0, 0.1) is 0 Å². The minimum absolute atomic E-state index is 0.00202. The Morgan fingerprint density at radius 2 is 1.59 bits per heavy atom. The number of hydrogen-bond donors (Lipinski definition) is 0. The largest absolute Gasteiger partial charge is 0.333 e. The van der Waals surface area contributed by atoms with E-state index in [1.54, 1.807) is 24.3 Å². The van der Waals surface area contributed by atoms with E-state index >= 15 is 0 Å². The van der Waals surface area contributed by atoms with Gasteiger partial charge < -0.3 is 4.90 Å². The first-order valence-electron chi connectivity index (χ1n) is 11.9. The highest BCUT2D eigenvalue weighted by Crippen LogP contribution is 2.35. The van der Waals surface area contributed by atoms with Crippen molar-refractivity contribution in [1.29, 1.82) is 0 Å². The van der Waals surface area contributed by atoms with E-state index in [9.17, 15) is 14.4 Å². The number of carbonyl (C=O) groups excluding carboxylic acids is 3. The van der Waals surface area contributed by atoms with Crippen molar-refractivity contribution in [3.63, 3.8) is 0 Å². The molecule has 1 heterocycles. The molecule has 0 bridgehead atoms. The monoisotopic (exact) mass is 452 g/mol. The van der Waals surface area contributed by atoms with Crippen molar-refractivity contribution < 1.29 is 14.4 Å². The molecule has 3 amide bonds. The molecule has 5 heteroatoms. The smallest absolute Gasteiger partial charge is 0.266 e. The number of fused-ring (bicyclic) bond motifs is 2. The third kappa shape index (κ3) is 3.71. The summed E-state index contributed by atoms with van der Waals surface area (Å²) in [4.78, 5) is 42.1. The zero-order chi connectivity index (χ0) is 23.8. The van der Waals surface area contributed by atoms with Gasteiger partial charge in [0.25, 0.3) is 11.8 Å². The van der Waals surface area contributed by atoms with E-state index in [2.05, 4.69) is 24.0 Å². The van der Waals surface area contributed by atoms with E-state index in [4.69, 9.17) is 0 Å². The molecule has 0 saturated carbocycles. The second kappa shape index (κ2) is 8.90. The van der Waals surface area contributed by atoms with Crippen LogP contribution in [0.3, 0.4) is 0 Å². The van der Waals surface area contributed by atoms with E-state index < -0.39 is 0 Å². The predicted molar refractivity (Wildman–Crippen MR) is 132 cm³/mol. The molecule has 0 saturated heterocycles. The fraction of sp³-hybridized carbons (Fsp3) is 0.276. The number of carbonyl (C=O) groups is 3. The Bertz CT molecular complexity index is 1230. The number of anilines is 1. The summed E-state index contributed by atoms with van der Waals surface area (Å²) in [6.07, 6.45) is 2.88. The Morgan fingerprint density at radius 1 is 0.941 bits per heavy atom. The summed E-state index contributed by atoms with van der Waals surface area (Å²) < 4.78 is 0. The van der Waals surface area contributed by atoms with E-state index in [0.717, 1.165) is 30.4 Å². The summed E-state index contributed by atoms with van der Waals surface area (Å²) in [5.41, 5.74) is 4.97. The molecule has 2 unspecified atom stereocenters. The first-order chi connectivity index (χ1) is 16.5. The quantitative estimate of drug-likeness (QED) is 0.491. The molecule has 2 atom stereocenters. The minimum atomic E-state index is -0.273. The van der Waals surface area contributed by atoms with Crippen LogP contribution in [0.2, 0.25) is 0 Å². The molecule has 34 heavy (non-hydrogen) atoms. The Kier molecular flexibility index (Phi) is 5.78. The lowest BCUT2D eigenvalue weighted by atomic mass is 9.86. The van der Waals surface area contributed by atoms with Crippen molar-refractivity contribution in [2.24, 2.45) is 0 Å². The van der Waals surface area contributed by atoms with Crippen molar-refractivity contribution in [1.82, 2.24) is 4.90 Å². The Balaban J connectivity index is 1.40. The van der Waals surface area contributed by atoms with Gasteiger partial charge in [-0.3, -0.25) is 14.4 Å². The molecule has 1 aliphatic heterocycles. The van der Waals surface area contributed by atoms with Gasteiger partial charge in [0.05, 0.1) is 22.9 Å². The normalized spacial score (nSPS) is 17.8. The van der Waals surface area contributed by atoms with Crippen molar-refractivity contribution in [3.05, 3.63) is 101 Å². The summed E-state index contributed by atoms with van der Waals surface area (Å²) in [5.74, 6) is -0.385. The zero-order valence-corrected chi connectivity index (χ0v) is 19.5. The number of benzene rings is 3. The summed E-state index contributed by atoms with van der Waals surface area (Å²) >= 11 is 0. The van der Waals surface area contributed by atoms with E-state index in [1.807, 2.05) is 43.3 Å². The SMILES string of the molecule is CCC(=O)N(C1CCc2cc(N3C(=O)c4ccccc4C3=O)ccc2C1)C(C)c1ccccc1. The highest BCUT2D eigenvalue weighted by atomic mass is 16.2. The molecule has 2 aliphatic rings. The lowest BCUT2D eigenvalue weighted by Gasteiger charge is -2.39. The number of amides is 3. The first-order valence-corrected chi connectivity index (χ1v) is 11.9. The maximum atomic E-state index is 13.0. The maximum Gasteiger partial charge on any atom is 0.266 e. The van der Waals surface area contributed by atoms with Crippen molar-refractivity contribution in [2.75, 3.05) is 4.90 Å². The Hall–Kier alpha value is -3.73. The second-order valence-electron chi connectivity index (χ2n) is 9.08. The predicted octanol–water partition coefficient (Wildman–Crippen LogP) is 5.34. The van der Waals surface area contributed by atoms with Crippen LogP contribution in [0.4, 0.5) is 5.69 Å². The fourth-order valence-corrected chi connectivity index (χ4v) is 5.33. The van der Waals surface area contributed by atoms with Crippen LogP contribution in [0.1, 0.15) is 70.1 Å². The number of nitrogens with zero attached hydrogens (tertiary/aromatic N) is 2. The molecule has 0 N–H and O–H groups in total. The standard InChI is InChI=1S/C29H28N2O3/c1-3-27(32)30(19(2)20-9-5-4-6-10-20)23-15-13-22-18-24(16-14-21(22)17-23)31-28(33)25-11-7-8-12-26(25)29(31)34/h4-12,14,16,18-19,23H,3,13,15,17H2,1-2H3. The van der Waals surface area contributed by atoms with E-state index in [1.165, 1.54) is 10.5 Å². The summed E-state index contributed by atoms with van der Waals surface area (Å²) in [6, 6.07) is 23.1. The Morgan fingerprint density at radius 3 is 2.24 bits per heavy atom. The molecular formula is C29H28N2O3. The third-order valence-electron chi connectivity index (χ3n) is 7.13.